The first-order valence-electron chi connectivity index (χ1n) is 15.3. The summed E-state index contributed by atoms with van der Waals surface area (Å²) in [4.78, 5) is 52.4. The van der Waals surface area contributed by atoms with Crippen LogP contribution in [0.5, 0.6) is 0 Å². The van der Waals surface area contributed by atoms with Crippen molar-refractivity contribution in [3.63, 3.8) is 0 Å². The molecule has 0 spiro atoms. The molecule has 0 aromatic carbocycles. The van der Waals surface area contributed by atoms with Crippen LogP contribution in [-0.4, -0.2) is 140 Å². The van der Waals surface area contributed by atoms with E-state index in [0.717, 1.165) is 0 Å². The van der Waals surface area contributed by atoms with Crippen molar-refractivity contribution < 1.29 is 58.2 Å². The van der Waals surface area contributed by atoms with Gasteiger partial charge in [0.05, 0.1) is 69.3 Å². The van der Waals surface area contributed by atoms with E-state index in [-0.39, 0.29) is 45.2 Å². The molecule has 0 aromatic rings. The SMILES string of the molecule is CC1O[C@H](C[O-])C(N=C(N)N)C(O)C[C@@H]1NC(=O)NC1OCC(COCC2(N)OCC3OC(=O)CC3C2NC(N)=O)C(O)C1NC(N)=O. The smallest absolute Gasteiger partial charge is 0.317 e. The van der Waals surface area contributed by atoms with Gasteiger partial charge < -0.3 is 83.2 Å². The number of rotatable bonds is 10. The Hall–Kier alpha value is -3.77. The number of esters is 1. The number of nitrogens with zero attached hydrogens (tertiary/aromatic N) is 1. The van der Waals surface area contributed by atoms with E-state index < -0.39 is 109 Å². The van der Waals surface area contributed by atoms with Crippen LogP contribution in [0.25, 0.3) is 0 Å². The number of urea groups is 3. The molecule has 48 heavy (non-hydrogen) atoms. The van der Waals surface area contributed by atoms with Gasteiger partial charge in [-0.25, -0.2) is 19.4 Å². The van der Waals surface area contributed by atoms with Crippen molar-refractivity contribution in [1.82, 2.24) is 21.3 Å². The molecule has 0 bridgehead atoms. The molecular weight excluding hydrogens is 644 g/mol. The van der Waals surface area contributed by atoms with E-state index in [0.29, 0.717) is 0 Å². The van der Waals surface area contributed by atoms with Gasteiger partial charge in [-0.3, -0.25) is 10.5 Å². The van der Waals surface area contributed by atoms with Crippen LogP contribution in [-0.2, 0) is 28.5 Å². The molecule has 13 atom stereocenters. The van der Waals surface area contributed by atoms with Crippen LogP contribution in [0.2, 0.25) is 0 Å². The van der Waals surface area contributed by atoms with Crippen molar-refractivity contribution in [3.05, 3.63) is 0 Å². The van der Waals surface area contributed by atoms with Gasteiger partial charge >= 0.3 is 24.1 Å². The summed E-state index contributed by atoms with van der Waals surface area (Å²) < 4.78 is 28.3. The van der Waals surface area contributed by atoms with Gasteiger partial charge in [-0.1, -0.05) is 0 Å². The number of carbonyl (C=O) groups excluding carboxylic acids is 4. The number of nitrogens with one attached hydrogen (secondary N) is 4. The number of nitrogens with two attached hydrogens (primary N) is 5. The van der Waals surface area contributed by atoms with Gasteiger partial charge in [0.15, 0.2) is 17.9 Å². The fourth-order valence-electron chi connectivity index (χ4n) is 6.48. The lowest BCUT2D eigenvalue weighted by Gasteiger charge is -2.45. The topological polar surface area (TPSA) is 369 Å². The lowest BCUT2D eigenvalue weighted by atomic mass is 9.83. The van der Waals surface area contributed by atoms with Crippen LogP contribution in [0.4, 0.5) is 14.4 Å². The number of hydrogen-bond donors (Lipinski definition) is 11. The molecule has 11 unspecified atom stereocenters. The van der Waals surface area contributed by atoms with Gasteiger partial charge in [0.1, 0.15) is 18.2 Å². The first kappa shape index (κ1) is 37.1. The third kappa shape index (κ3) is 8.82. The summed E-state index contributed by atoms with van der Waals surface area (Å²) in [5.41, 5.74) is 26.4. The van der Waals surface area contributed by atoms with Crippen LogP contribution >= 0.6 is 0 Å². The standard InChI is InChI=1S/C26H45N10O12/c1-9-12(3-13(38)17(33-22(27)28)14(4-37)47-9)32-25(43)36-21-18(34-23(29)41)19(40)10(6-45-21)5-44-8-26(31)20(35-24(30)42)11-2-16(39)48-15(11)7-46-26/h9-15,17-21,38,40H,2-8,31H2,1H3,(H4,27,28,33)(H3,29,34,41)(H3,30,35,42)(H2,32,36,43)/q-1/t9?,10?,11?,12-,13?,14+,15?,17?,18?,19?,20?,21?,26?/m0/s1. The highest BCUT2D eigenvalue weighted by Crippen LogP contribution is 2.36. The Bertz CT molecular complexity index is 1210. The van der Waals surface area contributed by atoms with Crippen LogP contribution in [0.1, 0.15) is 19.8 Å². The maximum Gasteiger partial charge on any atom is 0.317 e. The van der Waals surface area contributed by atoms with Crippen molar-refractivity contribution in [2.75, 3.05) is 33.0 Å². The molecule has 6 amide bonds. The summed E-state index contributed by atoms with van der Waals surface area (Å²) in [6, 6.07) is -6.76. The quantitative estimate of drug-likeness (QED) is 0.0577. The van der Waals surface area contributed by atoms with Gasteiger partial charge in [0, 0.05) is 11.8 Å². The minimum absolute atomic E-state index is 0.0120. The highest BCUT2D eigenvalue weighted by atomic mass is 16.6. The molecule has 4 aliphatic heterocycles. The molecule has 0 aliphatic carbocycles. The average Bonchev–Trinajstić information content (AvgIpc) is 3.34. The van der Waals surface area contributed by atoms with E-state index >= 15 is 0 Å². The number of ether oxygens (including phenoxy) is 5. The second-order valence-electron chi connectivity index (χ2n) is 12.3. The second-order valence-corrected chi connectivity index (χ2v) is 12.3. The zero-order valence-electron chi connectivity index (χ0n) is 26.2. The number of carbonyl (C=O) groups is 4. The lowest BCUT2D eigenvalue weighted by Crippen LogP contribution is -2.70. The molecule has 4 aliphatic rings. The molecule has 4 rings (SSSR count). The Kier molecular flexibility index (Phi) is 12.1. The highest BCUT2D eigenvalue weighted by molar-refractivity contribution is 5.76. The van der Waals surface area contributed by atoms with E-state index in [4.69, 9.17) is 52.4 Å². The molecule has 4 fully saturated rings. The largest absolute Gasteiger partial charge is 0.853 e. The van der Waals surface area contributed by atoms with Crippen molar-refractivity contribution in [2.45, 2.75) is 86.4 Å². The number of hydrogen-bond acceptors (Lipinski definition) is 14. The molecule has 0 aromatic heterocycles. The number of primary amides is 2. The van der Waals surface area contributed by atoms with Crippen molar-refractivity contribution >= 4 is 30.0 Å². The third-order valence-electron chi connectivity index (χ3n) is 8.85. The second kappa shape index (κ2) is 15.6. The lowest BCUT2D eigenvalue weighted by molar-refractivity contribution is -0.389. The minimum atomic E-state index is -1.61. The zero-order valence-corrected chi connectivity index (χ0v) is 26.2. The van der Waals surface area contributed by atoms with Crippen molar-refractivity contribution in [1.29, 1.82) is 0 Å². The summed E-state index contributed by atoms with van der Waals surface area (Å²) in [5, 5.41) is 43.6. The first-order chi connectivity index (χ1) is 22.6. The minimum Gasteiger partial charge on any atom is -0.853 e. The Labute approximate surface area is 274 Å². The zero-order chi connectivity index (χ0) is 35.3. The number of aliphatic imine (C=N–C) groups is 1. The summed E-state index contributed by atoms with van der Waals surface area (Å²) in [6.45, 7) is 0.159. The summed E-state index contributed by atoms with van der Waals surface area (Å²) >= 11 is 0. The molecule has 16 N–H and O–H groups in total. The van der Waals surface area contributed by atoms with Crippen LogP contribution < -0.4 is 55.0 Å². The van der Waals surface area contributed by atoms with E-state index in [9.17, 15) is 34.5 Å². The molecule has 4 saturated heterocycles. The predicted molar refractivity (Wildman–Crippen MR) is 159 cm³/mol. The number of amides is 6. The van der Waals surface area contributed by atoms with Gasteiger partial charge in [-0.2, -0.15) is 0 Å². The summed E-state index contributed by atoms with van der Waals surface area (Å²) in [5.74, 6) is -2.10. The van der Waals surface area contributed by atoms with Crippen LogP contribution in [0, 0.1) is 11.8 Å². The maximum absolute atomic E-state index is 13.0. The van der Waals surface area contributed by atoms with Crippen molar-refractivity contribution in [2.24, 2.45) is 45.5 Å². The number of aliphatic hydroxyl groups is 2. The third-order valence-corrected chi connectivity index (χ3v) is 8.85. The predicted octanol–water partition coefficient (Wildman–Crippen LogP) is -6.76. The van der Waals surface area contributed by atoms with Crippen LogP contribution in [0.3, 0.4) is 0 Å². The van der Waals surface area contributed by atoms with Gasteiger partial charge in [-0.15, -0.1) is 6.61 Å². The fourth-order valence-corrected chi connectivity index (χ4v) is 6.48. The van der Waals surface area contributed by atoms with Gasteiger partial charge in [0.2, 0.25) is 0 Å². The summed E-state index contributed by atoms with van der Waals surface area (Å²) in [6.07, 6.45) is -6.38. The van der Waals surface area contributed by atoms with Gasteiger partial charge in [-0.05, 0) is 13.3 Å². The van der Waals surface area contributed by atoms with Gasteiger partial charge in [0.25, 0.3) is 0 Å². The van der Waals surface area contributed by atoms with Crippen LogP contribution in [0.15, 0.2) is 4.99 Å². The molecule has 22 nitrogen and oxygen atoms in total. The molecule has 0 saturated carbocycles. The number of fused-ring (bicyclic) bond motifs is 1. The highest BCUT2D eigenvalue weighted by Gasteiger charge is 2.54. The Balaban J connectivity index is 1.36. The molecule has 22 heteroatoms. The Morgan fingerprint density at radius 2 is 1.79 bits per heavy atom. The molecule has 272 valence electrons. The number of aliphatic hydroxyl groups excluding tert-OH is 2. The number of guanidine groups is 1. The molecule has 0 radical (unpaired) electrons. The average molecular weight is 690 g/mol. The van der Waals surface area contributed by atoms with E-state index in [2.05, 4.69) is 26.3 Å². The molecule has 4 heterocycles. The normalized spacial score (nSPS) is 39.6. The Morgan fingerprint density at radius 1 is 1.08 bits per heavy atom. The van der Waals surface area contributed by atoms with Crippen molar-refractivity contribution in [3.8, 4) is 0 Å². The monoisotopic (exact) mass is 689 g/mol. The first-order valence-corrected chi connectivity index (χ1v) is 15.3. The molecular formula is C26H45N10O12-. The van der Waals surface area contributed by atoms with E-state index in [1.165, 1.54) is 0 Å². The van der Waals surface area contributed by atoms with E-state index in [1.54, 1.807) is 6.92 Å². The Morgan fingerprint density at radius 3 is 2.44 bits per heavy atom. The maximum atomic E-state index is 13.0. The van der Waals surface area contributed by atoms with E-state index in [1.807, 2.05) is 0 Å². The summed E-state index contributed by atoms with van der Waals surface area (Å²) in [7, 11) is 0. The fraction of sp³-hybridized carbons (Fsp3) is 0.808.